The average Bonchev–Trinajstić information content (AvgIpc) is 2.61. The lowest BCUT2D eigenvalue weighted by atomic mass is 9.95. The summed E-state index contributed by atoms with van der Waals surface area (Å²) in [5.74, 6) is 0.848. The Balaban J connectivity index is 2.38. The van der Waals surface area contributed by atoms with Gasteiger partial charge >= 0.3 is 0 Å². The Labute approximate surface area is 172 Å². The fourth-order valence-corrected chi connectivity index (χ4v) is 10.3. The van der Waals surface area contributed by atoms with E-state index in [9.17, 15) is 4.79 Å². The van der Waals surface area contributed by atoms with Gasteiger partial charge in [-0.1, -0.05) is 53.2 Å². The topological polar surface area (TPSA) is 38.8 Å². The summed E-state index contributed by atoms with van der Waals surface area (Å²) in [7, 11) is -0.491. The van der Waals surface area contributed by atoms with Gasteiger partial charge in [-0.3, -0.25) is 4.79 Å². The molecule has 0 bridgehead atoms. The van der Waals surface area contributed by atoms with E-state index in [1.807, 2.05) is 29.2 Å². The van der Waals surface area contributed by atoms with Crippen molar-refractivity contribution >= 4 is 19.9 Å². The fraction of sp³-hybridized carbons (Fsp3) is 0.609. The number of benzene rings is 1. The zero-order valence-electron chi connectivity index (χ0n) is 18.9. The van der Waals surface area contributed by atoms with Crippen molar-refractivity contribution in [2.75, 3.05) is 12.0 Å². The van der Waals surface area contributed by atoms with Gasteiger partial charge in [-0.15, -0.1) is 0 Å². The molecule has 1 amide bonds. The highest BCUT2D eigenvalue weighted by atomic mass is 28.4. The molecule has 4 nitrogen and oxygen atoms in total. The Morgan fingerprint density at radius 3 is 1.89 bits per heavy atom. The number of carbonyl (C=O) groups excluding carboxylic acids is 1. The number of carbonyl (C=O) groups is 1. The van der Waals surface area contributed by atoms with Crippen molar-refractivity contribution in [3.05, 3.63) is 35.9 Å². The molecule has 28 heavy (non-hydrogen) atoms. The van der Waals surface area contributed by atoms with Gasteiger partial charge in [0.1, 0.15) is 11.9 Å². The number of β-lactam (4-membered cyclic amide) rings is 1. The van der Waals surface area contributed by atoms with Gasteiger partial charge in [-0.05, 0) is 54.7 Å². The van der Waals surface area contributed by atoms with Crippen LogP contribution < -0.4 is 9.64 Å². The van der Waals surface area contributed by atoms with Gasteiger partial charge in [-0.2, -0.15) is 0 Å². The molecule has 0 unspecified atom stereocenters. The van der Waals surface area contributed by atoms with E-state index in [1.165, 1.54) is 5.57 Å². The maximum absolute atomic E-state index is 13.2. The van der Waals surface area contributed by atoms with Crippen molar-refractivity contribution in [3.8, 4) is 5.75 Å². The minimum Gasteiger partial charge on any atom is -0.497 e. The normalized spacial score (nSPS) is 20.0. The van der Waals surface area contributed by atoms with E-state index in [4.69, 9.17) is 9.16 Å². The zero-order valence-corrected chi connectivity index (χ0v) is 19.9. The summed E-state index contributed by atoms with van der Waals surface area (Å²) in [6, 6.07) is 7.61. The van der Waals surface area contributed by atoms with Crippen LogP contribution in [0.1, 0.15) is 55.4 Å². The van der Waals surface area contributed by atoms with Gasteiger partial charge < -0.3 is 14.1 Å². The summed E-state index contributed by atoms with van der Waals surface area (Å²) in [5.41, 5.74) is 3.42. The summed E-state index contributed by atoms with van der Waals surface area (Å²) >= 11 is 0. The molecule has 2 rings (SSSR count). The number of methoxy groups -OCH3 is 1. The fourth-order valence-electron chi connectivity index (χ4n) is 4.78. The number of ether oxygens (including phenoxy) is 1. The van der Waals surface area contributed by atoms with Crippen molar-refractivity contribution in [2.24, 2.45) is 0 Å². The van der Waals surface area contributed by atoms with E-state index in [0.717, 1.165) is 11.4 Å². The van der Waals surface area contributed by atoms with Crippen LogP contribution in [0.4, 0.5) is 5.69 Å². The Bertz CT molecular complexity index is 683. The molecule has 1 aliphatic heterocycles. The van der Waals surface area contributed by atoms with E-state index in [1.54, 1.807) is 7.11 Å². The van der Waals surface area contributed by atoms with Crippen LogP contribution >= 0.6 is 0 Å². The third kappa shape index (κ3) is 4.06. The third-order valence-electron chi connectivity index (χ3n) is 5.98. The van der Waals surface area contributed by atoms with Crippen LogP contribution in [0.25, 0.3) is 0 Å². The number of hydrogen-bond donors (Lipinski definition) is 0. The van der Waals surface area contributed by atoms with Gasteiger partial charge in [0.05, 0.1) is 13.2 Å². The molecule has 0 N–H and O–H groups in total. The summed E-state index contributed by atoms with van der Waals surface area (Å²) < 4.78 is 12.1. The molecular formula is C23H37NO3Si. The minimum absolute atomic E-state index is 0.0611. The summed E-state index contributed by atoms with van der Waals surface area (Å²) in [6.45, 7) is 17.7. The molecule has 1 aromatic carbocycles. The Kier molecular flexibility index (Phi) is 7.15. The molecule has 2 atom stereocenters. The first kappa shape index (κ1) is 22.7. The number of nitrogens with zero attached hydrogens (tertiary/aromatic N) is 1. The second kappa shape index (κ2) is 8.83. The van der Waals surface area contributed by atoms with Crippen LogP contribution in [0.5, 0.6) is 5.75 Å². The molecule has 1 saturated heterocycles. The molecule has 1 aliphatic rings. The average molecular weight is 404 g/mol. The van der Waals surface area contributed by atoms with Gasteiger partial charge in [0, 0.05) is 5.69 Å². The Morgan fingerprint density at radius 2 is 1.50 bits per heavy atom. The second-order valence-electron chi connectivity index (χ2n) is 9.00. The smallest absolute Gasteiger partial charge is 0.258 e. The first-order chi connectivity index (χ1) is 13.1. The largest absolute Gasteiger partial charge is 0.497 e. The van der Waals surface area contributed by atoms with E-state index < -0.39 is 14.4 Å². The van der Waals surface area contributed by atoms with Crippen molar-refractivity contribution in [1.82, 2.24) is 0 Å². The molecule has 1 heterocycles. The molecule has 1 aromatic rings. The quantitative estimate of drug-likeness (QED) is 0.306. The lowest BCUT2D eigenvalue weighted by Gasteiger charge is -2.52. The van der Waals surface area contributed by atoms with Crippen LogP contribution in [0.15, 0.2) is 35.9 Å². The lowest BCUT2D eigenvalue weighted by Crippen LogP contribution is -2.69. The number of anilines is 1. The van der Waals surface area contributed by atoms with Crippen molar-refractivity contribution in [3.63, 3.8) is 0 Å². The third-order valence-corrected chi connectivity index (χ3v) is 12.1. The van der Waals surface area contributed by atoms with Gasteiger partial charge in [0.15, 0.2) is 0 Å². The summed E-state index contributed by atoms with van der Waals surface area (Å²) in [6.07, 6.45) is 1.77. The first-order valence-electron chi connectivity index (χ1n) is 10.4. The SMILES string of the molecule is COc1ccc(N2C(=O)[C@H](O[Si](C(C)C)(C(C)C)C(C)C)[C@@H]2C=C(C)C)cc1. The molecule has 1 fully saturated rings. The standard InChI is InChI=1S/C23H37NO3Si/c1-15(2)14-21-22(27-28(16(3)4,17(5)6)18(7)8)23(25)24(21)19-10-12-20(26-9)13-11-19/h10-14,16-18,21-22H,1-9H3/t21-,22+/m0/s1. The van der Waals surface area contributed by atoms with E-state index in [-0.39, 0.29) is 11.9 Å². The zero-order chi connectivity index (χ0) is 21.2. The van der Waals surface area contributed by atoms with Crippen LogP contribution in [-0.4, -0.2) is 33.5 Å². The molecule has 0 radical (unpaired) electrons. The Hall–Kier alpha value is -1.59. The number of allylic oxidation sites excluding steroid dienone is 1. The molecule has 5 heteroatoms. The number of hydrogen-bond acceptors (Lipinski definition) is 3. The molecule has 0 aliphatic carbocycles. The van der Waals surface area contributed by atoms with E-state index >= 15 is 0 Å². The highest BCUT2D eigenvalue weighted by molar-refractivity contribution is 6.77. The molecule has 0 aromatic heterocycles. The molecule has 0 saturated carbocycles. The van der Waals surface area contributed by atoms with Crippen molar-refractivity contribution < 1.29 is 14.0 Å². The van der Waals surface area contributed by atoms with Crippen molar-refractivity contribution in [2.45, 2.75) is 84.2 Å². The van der Waals surface area contributed by atoms with Crippen LogP contribution in [-0.2, 0) is 9.22 Å². The molecular weight excluding hydrogens is 366 g/mol. The van der Waals surface area contributed by atoms with Gasteiger partial charge in [0.2, 0.25) is 8.32 Å². The van der Waals surface area contributed by atoms with Gasteiger partial charge in [0.25, 0.3) is 5.91 Å². The number of amides is 1. The minimum atomic E-state index is -2.14. The predicted molar refractivity (Wildman–Crippen MR) is 120 cm³/mol. The lowest BCUT2D eigenvalue weighted by molar-refractivity contribution is -0.134. The molecule has 156 valence electrons. The van der Waals surface area contributed by atoms with Gasteiger partial charge in [-0.25, -0.2) is 0 Å². The highest BCUT2D eigenvalue weighted by Gasteiger charge is 2.55. The summed E-state index contributed by atoms with van der Waals surface area (Å²) in [5, 5.41) is 0. The summed E-state index contributed by atoms with van der Waals surface area (Å²) in [4.78, 5) is 15.1. The van der Waals surface area contributed by atoms with Crippen LogP contribution in [0.3, 0.4) is 0 Å². The van der Waals surface area contributed by atoms with Crippen LogP contribution in [0.2, 0.25) is 16.6 Å². The maximum atomic E-state index is 13.2. The van der Waals surface area contributed by atoms with Crippen LogP contribution in [0, 0.1) is 0 Å². The second-order valence-corrected chi connectivity index (χ2v) is 14.4. The maximum Gasteiger partial charge on any atom is 0.258 e. The Morgan fingerprint density at radius 1 is 1.00 bits per heavy atom. The van der Waals surface area contributed by atoms with E-state index in [0.29, 0.717) is 16.6 Å². The van der Waals surface area contributed by atoms with E-state index in [2.05, 4.69) is 61.5 Å². The molecule has 0 spiro atoms. The number of rotatable bonds is 8. The predicted octanol–water partition coefficient (Wildman–Crippen LogP) is 5.94. The monoisotopic (exact) mass is 403 g/mol. The first-order valence-corrected chi connectivity index (χ1v) is 12.5. The van der Waals surface area contributed by atoms with Crippen molar-refractivity contribution in [1.29, 1.82) is 0 Å². The highest BCUT2D eigenvalue weighted by Crippen LogP contribution is 2.45.